The predicted molar refractivity (Wildman–Crippen MR) is 58.4 cm³/mol. The van der Waals surface area contributed by atoms with E-state index in [9.17, 15) is 9.59 Å². The summed E-state index contributed by atoms with van der Waals surface area (Å²) in [5, 5.41) is 0. The Morgan fingerprint density at radius 3 is 2.69 bits per heavy atom. The lowest BCUT2D eigenvalue weighted by molar-refractivity contribution is 0.0601. The summed E-state index contributed by atoms with van der Waals surface area (Å²) >= 11 is 0. The van der Waals surface area contributed by atoms with Gasteiger partial charge >= 0.3 is 5.97 Å². The van der Waals surface area contributed by atoms with Gasteiger partial charge < -0.3 is 9.72 Å². The van der Waals surface area contributed by atoms with Gasteiger partial charge in [-0.05, 0) is 18.9 Å². The summed E-state index contributed by atoms with van der Waals surface area (Å²) in [4.78, 5) is 26.1. The molecule has 16 heavy (non-hydrogen) atoms. The molecule has 1 aliphatic rings. The Morgan fingerprint density at radius 2 is 2.06 bits per heavy atom. The molecule has 1 heterocycles. The molecule has 1 aliphatic carbocycles. The number of hydrogen-bond donors (Lipinski definition) is 1. The highest BCUT2D eigenvalue weighted by Crippen LogP contribution is 2.27. The number of hydrogen-bond acceptors (Lipinski definition) is 3. The average molecular weight is 221 g/mol. The van der Waals surface area contributed by atoms with Crippen LogP contribution in [-0.2, 0) is 4.74 Å². The van der Waals surface area contributed by atoms with Crippen molar-refractivity contribution >= 4 is 11.8 Å². The summed E-state index contributed by atoms with van der Waals surface area (Å²) < 4.78 is 4.58. The van der Waals surface area contributed by atoms with Crippen LogP contribution in [0.25, 0.3) is 0 Å². The van der Waals surface area contributed by atoms with Gasteiger partial charge in [-0.25, -0.2) is 4.79 Å². The van der Waals surface area contributed by atoms with Crippen LogP contribution >= 0.6 is 0 Å². The summed E-state index contributed by atoms with van der Waals surface area (Å²) in [5.41, 5.74) is 0.927. The molecule has 0 amide bonds. The molecule has 1 N–H and O–H groups in total. The number of methoxy groups -OCH3 is 1. The van der Waals surface area contributed by atoms with Gasteiger partial charge in [-0.1, -0.05) is 12.8 Å². The minimum absolute atomic E-state index is 0.118. The van der Waals surface area contributed by atoms with Crippen molar-refractivity contribution in [2.75, 3.05) is 7.11 Å². The molecule has 0 atom stereocenters. The third-order valence-corrected chi connectivity index (χ3v) is 3.10. The molecule has 0 radical (unpaired) electrons. The normalized spacial score (nSPS) is 16.3. The maximum Gasteiger partial charge on any atom is 0.339 e. The number of ether oxygens (including phenoxy) is 1. The van der Waals surface area contributed by atoms with Gasteiger partial charge in [0.2, 0.25) is 0 Å². The van der Waals surface area contributed by atoms with Gasteiger partial charge in [0, 0.05) is 12.1 Å². The first-order chi connectivity index (χ1) is 7.72. The Kier molecular flexibility index (Phi) is 3.08. The monoisotopic (exact) mass is 221 g/mol. The van der Waals surface area contributed by atoms with E-state index in [-0.39, 0.29) is 11.7 Å². The number of nitrogens with one attached hydrogen (secondary N) is 1. The third kappa shape index (κ3) is 2.01. The number of carbonyl (C=O) groups excluding carboxylic acids is 2. The van der Waals surface area contributed by atoms with E-state index in [1.165, 1.54) is 13.3 Å². The minimum Gasteiger partial charge on any atom is -0.465 e. The van der Waals surface area contributed by atoms with Crippen molar-refractivity contribution in [3.05, 3.63) is 23.5 Å². The number of ketones is 1. The molecular weight excluding hydrogens is 206 g/mol. The third-order valence-electron chi connectivity index (χ3n) is 3.10. The summed E-state index contributed by atoms with van der Waals surface area (Å²) in [6.45, 7) is 0. The fraction of sp³-hybridized carbons (Fsp3) is 0.500. The number of rotatable bonds is 3. The number of carbonyl (C=O) groups is 2. The Labute approximate surface area is 94.0 Å². The lowest BCUT2D eigenvalue weighted by atomic mass is 10.0. The molecule has 1 aromatic heterocycles. The molecule has 0 saturated heterocycles. The number of H-pyrrole nitrogens is 1. The van der Waals surface area contributed by atoms with Gasteiger partial charge in [0.15, 0.2) is 5.78 Å². The van der Waals surface area contributed by atoms with E-state index in [1.807, 2.05) is 0 Å². The largest absolute Gasteiger partial charge is 0.465 e. The molecule has 2 rings (SSSR count). The molecule has 0 spiro atoms. The van der Waals surface area contributed by atoms with Crippen molar-refractivity contribution in [2.24, 2.45) is 5.92 Å². The molecule has 0 aromatic carbocycles. The zero-order valence-corrected chi connectivity index (χ0v) is 9.29. The lowest BCUT2D eigenvalue weighted by Gasteiger charge is -2.04. The van der Waals surface area contributed by atoms with E-state index in [1.54, 1.807) is 6.07 Å². The molecule has 0 unspecified atom stereocenters. The van der Waals surface area contributed by atoms with E-state index in [0.717, 1.165) is 25.7 Å². The van der Waals surface area contributed by atoms with E-state index in [4.69, 9.17) is 0 Å². The zero-order valence-electron chi connectivity index (χ0n) is 9.29. The van der Waals surface area contributed by atoms with Crippen LogP contribution < -0.4 is 0 Å². The number of aromatic amines is 1. The van der Waals surface area contributed by atoms with Crippen LogP contribution in [0.15, 0.2) is 12.3 Å². The van der Waals surface area contributed by atoms with Crippen LogP contribution in [0.3, 0.4) is 0 Å². The SMILES string of the molecule is COC(=O)c1c[nH]c(C(=O)C2CCCC2)c1. The molecule has 4 nitrogen and oxygen atoms in total. The van der Waals surface area contributed by atoms with E-state index >= 15 is 0 Å². The topological polar surface area (TPSA) is 59.2 Å². The molecule has 86 valence electrons. The number of aromatic nitrogens is 1. The molecule has 0 aliphatic heterocycles. The molecule has 1 saturated carbocycles. The van der Waals surface area contributed by atoms with Crippen molar-refractivity contribution in [2.45, 2.75) is 25.7 Å². The summed E-state index contributed by atoms with van der Waals surface area (Å²) in [6.07, 6.45) is 5.70. The van der Waals surface area contributed by atoms with Crippen molar-refractivity contribution in [3.63, 3.8) is 0 Å². The predicted octanol–water partition coefficient (Wildman–Crippen LogP) is 2.17. The van der Waals surface area contributed by atoms with Gasteiger partial charge in [0.25, 0.3) is 0 Å². The van der Waals surface area contributed by atoms with Crippen LogP contribution in [0.2, 0.25) is 0 Å². The summed E-state index contributed by atoms with van der Waals surface area (Å²) in [6, 6.07) is 1.58. The Balaban J connectivity index is 2.11. The summed E-state index contributed by atoms with van der Waals surface area (Å²) in [5.74, 6) is -0.168. The second-order valence-electron chi connectivity index (χ2n) is 4.14. The van der Waals surface area contributed by atoms with E-state index < -0.39 is 5.97 Å². The van der Waals surface area contributed by atoms with E-state index in [0.29, 0.717) is 11.3 Å². The Hall–Kier alpha value is -1.58. The molecule has 1 aromatic rings. The standard InChI is InChI=1S/C12H15NO3/c1-16-12(15)9-6-10(13-7-9)11(14)8-4-2-3-5-8/h6-8,13H,2-5H2,1H3. The number of esters is 1. The van der Waals surface area contributed by atoms with Crippen molar-refractivity contribution in [3.8, 4) is 0 Å². The van der Waals surface area contributed by atoms with E-state index in [2.05, 4.69) is 9.72 Å². The highest BCUT2D eigenvalue weighted by atomic mass is 16.5. The number of Topliss-reactive ketones (excluding diaryl/α,β-unsaturated/α-hetero) is 1. The average Bonchev–Trinajstić information content (AvgIpc) is 2.97. The first-order valence-corrected chi connectivity index (χ1v) is 5.53. The van der Waals surface area contributed by atoms with Crippen LogP contribution in [-0.4, -0.2) is 23.8 Å². The molecule has 0 bridgehead atoms. The molecular formula is C12H15NO3. The summed E-state index contributed by atoms with van der Waals surface area (Å²) in [7, 11) is 1.33. The lowest BCUT2D eigenvalue weighted by Crippen LogP contribution is -2.11. The first kappa shape index (κ1) is 10.9. The second-order valence-corrected chi connectivity index (χ2v) is 4.14. The highest BCUT2D eigenvalue weighted by molar-refractivity contribution is 5.99. The van der Waals surface area contributed by atoms with Crippen LogP contribution in [0.1, 0.15) is 46.5 Å². The Bertz CT molecular complexity index is 402. The maximum atomic E-state index is 12.0. The zero-order chi connectivity index (χ0) is 11.5. The second kappa shape index (κ2) is 4.51. The van der Waals surface area contributed by atoms with Crippen molar-refractivity contribution in [1.82, 2.24) is 4.98 Å². The van der Waals surface area contributed by atoms with Crippen LogP contribution in [0, 0.1) is 5.92 Å². The fourth-order valence-corrected chi connectivity index (χ4v) is 2.18. The van der Waals surface area contributed by atoms with Crippen LogP contribution in [0.5, 0.6) is 0 Å². The minimum atomic E-state index is -0.415. The molecule has 1 fully saturated rings. The molecule has 4 heteroatoms. The van der Waals surface area contributed by atoms with Crippen molar-refractivity contribution < 1.29 is 14.3 Å². The first-order valence-electron chi connectivity index (χ1n) is 5.53. The van der Waals surface area contributed by atoms with Crippen LogP contribution in [0.4, 0.5) is 0 Å². The smallest absolute Gasteiger partial charge is 0.339 e. The van der Waals surface area contributed by atoms with Gasteiger partial charge in [0.1, 0.15) is 0 Å². The van der Waals surface area contributed by atoms with Gasteiger partial charge in [-0.3, -0.25) is 4.79 Å². The fourth-order valence-electron chi connectivity index (χ4n) is 2.18. The van der Waals surface area contributed by atoms with Crippen molar-refractivity contribution in [1.29, 1.82) is 0 Å². The van der Waals surface area contributed by atoms with Gasteiger partial charge in [0.05, 0.1) is 18.4 Å². The van der Waals surface area contributed by atoms with Gasteiger partial charge in [-0.2, -0.15) is 0 Å². The quantitative estimate of drug-likeness (QED) is 0.628. The van der Waals surface area contributed by atoms with Gasteiger partial charge in [-0.15, -0.1) is 0 Å². The highest BCUT2D eigenvalue weighted by Gasteiger charge is 2.25. The maximum absolute atomic E-state index is 12.0. The Morgan fingerprint density at radius 1 is 1.38 bits per heavy atom.